The third-order valence-corrected chi connectivity index (χ3v) is 1.72. The van der Waals surface area contributed by atoms with Gasteiger partial charge >= 0.3 is 0 Å². The van der Waals surface area contributed by atoms with Crippen molar-refractivity contribution < 1.29 is 0 Å². The maximum atomic E-state index is 3.63. The average molecular weight is 123 g/mol. The molecule has 1 nitrogen and oxygen atoms in total. The van der Waals surface area contributed by atoms with Crippen LogP contribution in [0.1, 0.15) is 19.8 Å². The Morgan fingerprint density at radius 3 is 3.00 bits per heavy atom. The summed E-state index contributed by atoms with van der Waals surface area (Å²) < 4.78 is 0. The number of hydrogen-bond acceptors (Lipinski definition) is 1. The molecular weight excluding hydrogens is 110 g/mol. The molecule has 1 rings (SSSR count). The predicted octanol–water partition coefficient (Wildman–Crippen LogP) is 1.47. The summed E-state index contributed by atoms with van der Waals surface area (Å²) in [5, 5.41) is 3.36. The fourth-order valence-corrected chi connectivity index (χ4v) is 1.17. The summed E-state index contributed by atoms with van der Waals surface area (Å²) in [6.07, 6.45) is 2.26. The number of nitrogens with one attached hydrogen (secondary N) is 1. The molecule has 0 saturated carbocycles. The zero-order valence-corrected chi connectivity index (χ0v) is 5.91. The Hall–Kier alpha value is -0.520. The molecule has 1 aliphatic rings. The summed E-state index contributed by atoms with van der Waals surface area (Å²) in [7, 11) is 0. The van der Waals surface area contributed by atoms with Crippen molar-refractivity contribution in [3.05, 3.63) is 17.9 Å². The molecule has 1 N–H and O–H groups in total. The Bertz CT molecular complexity index is 143. The quantitative estimate of drug-likeness (QED) is 0.481. The Morgan fingerprint density at radius 1 is 1.78 bits per heavy atom. The maximum absolute atomic E-state index is 3.63. The van der Waals surface area contributed by atoms with Crippen LogP contribution in [0.15, 0.2) is 17.9 Å². The van der Waals surface area contributed by atoms with E-state index in [-0.39, 0.29) is 0 Å². The molecule has 0 amide bonds. The predicted molar refractivity (Wildman–Crippen MR) is 39.4 cm³/mol. The summed E-state index contributed by atoms with van der Waals surface area (Å²) in [5.41, 5.74) is 4.34. The molecule has 0 aromatic rings. The van der Waals surface area contributed by atoms with Gasteiger partial charge in [-0.1, -0.05) is 6.58 Å². The highest BCUT2D eigenvalue weighted by atomic mass is 14.9. The second kappa shape index (κ2) is 2.86. The van der Waals surface area contributed by atoms with Gasteiger partial charge in [-0.15, -0.1) is 5.73 Å². The van der Waals surface area contributed by atoms with Gasteiger partial charge in [-0.2, -0.15) is 0 Å². The summed E-state index contributed by atoms with van der Waals surface area (Å²) in [6.45, 7) is 6.92. The zero-order valence-electron chi connectivity index (χ0n) is 5.91. The first-order valence-corrected chi connectivity index (χ1v) is 3.44. The minimum Gasteiger partial charge on any atom is -0.314 e. The Labute approximate surface area is 56.5 Å². The lowest BCUT2D eigenvalue weighted by molar-refractivity contribution is 0.494. The normalized spacial score (nSPS) is 27.7. The van der Waals surface area contributed by atoms with Crippen molar-refractivity contribution >= 4 is 0 Å². The molecule has 1 atom stereocenters. The van der Waals surface area contributed by atoms with Gasteiger partial charge in [-0.25, -0.2) is 0 Å². The Kier molecular flexibility index (Phi) is 2.10. The lowest BCUT2D eigenvalue weighted by Gasteiger charge is -2.20. The molecule has 1 saturated heterocycles. The molecule has 0 aromatic heterocycles. The van der Waals surface area contributed by atoms with Gasteiger partial charge in [0.15, 0.2) is 0 Å². The topological polar surface area (TPSA) is 12.0 Å². The summed E-state index contributed by atoms with van der Waals surface area (Å²) in [6, 6.07) is 0.628. The standard InChI is InChI=1S/C8H13N/c1-3-8-4-5-9-7(2)6-8/h7,9H,1,4-6H2,2H3/t7-/m0/s1. The van der Waals surface area contributed by atoms with Gasteiger partial charge in [0.25, 0.3) is 0 Å². The van der Waals surface area contributed by atoms with E-state index in [1.54, 1.807) is 0 Å². The minimum absolute atomic E-state index is 0.628. The Balaban J connectivity index is 2.51. The first-order valence-electron chi connectivity index (χ1n) is 3.44. The van der Waals surface area contributed by atoms with Crippen LogP contribution in [0, 0.1) is 0 Å². The van der Waals surface area contributed by atoms with E-state index in [1.165, 1.54) is 5.57 Å². The van der Waals surface area contributed by atoms with Crippen LogP contribution in [0.2, 0.25) is 0 Å². The molecule has 9 heavy (non-hydrogen) atoms. The monoisotopic (exact) mass is 123 g/mol. The second-order valence-corrected chi connectivity index (χ2v) is 2.59. The SMILES string of the molecule is C=C=C1CCN[C@@H](C)C1. The third-order valence-electron chi connectivity index (χ3n) is 1.72. The van der Waals surface area contributed by atoms with Gasteiger partial charge in [0.2, 0.25) is 0 Å². The van der Waals surface area contributed by atoms with Gasteiger partial charge in [-0.05, 0) is 31.9 Å². The van der Waals surface area contributed by atoms with E-state index in [2.05, 4.69) is 24.6 Å². The molecule has 0 aliphatic carbocycles. The highest BCUT2D eigenvalue weighted by Gasteiger charge is 2.09. The van der Waals surface area contributed by atoms with E-state index in [0.29, 0.717) is 6.04 Å². The highest BCUT2D eigenvalue weighted by molar-refractivity contribution is 5.04. The van der Waals surface area contributed by atoms with Crippen molar-refractivity contribution in [1.82, 2.24) is 5.32 Å². The fourth-order valence-electron chi connectivity index (χ4n) is 1.17. The highest BCUT2D eigenvalue weighted by Crippen LogP contribution is 2.12. The van der Waals surface area contributed by atoms with Gasteiger partial charge in [0.05, 0.1) is 0 Å². The molecule has 0 radical (unpaired) electrons. The zero-order chi connectivity index (χ0) is 6.69. The lowest BCUT2D eigenvalue weighted by Crippen LogP contribution is -2.32. The molecule has 0 unspecified atom stereocenters. The minimum atomic E-state index is 0.628. The molecule has 0 spiro atoms. The van der Waals surface area contributed by atoms with E-state index in [0.717, 1.165) is 19.4 Å². The van der Waals surface area contributed by atoms with Crippen LogP contribution < -0.4 is 5.32 Å². The maximum Gasteiger partial charge on any atom is 0.00821 e. The van der Waals surface area contributed by atoms with Crippen molar-refractivity contribution in [2.24, 2.45) is 0 Å². The van der Waals surface area contributed by atoms with Gasteiger partial charge in [0.1, 0.15) is 0 Å². The smallest absolute Gasteiger partial charge is 0.00821 e. The van der Waals surface area contributed by atoms with Crippen molar-refractivity contribution in [1.29, 1.82) is 0 Å². The van der Waals surface area contributed by atoms with Crippen LogP contribution in [0.25, 0.3) is 0 Å². The molecule has 1 heteroatoms. The molecule has 1 heterocycles. The van der Waals surface area contributed by atoms with E-state index >= 15 is 0 Å². The number of piperidine rings is 1. The summed E-state index contributed by atoms with van der Waals surface area (Å²) >= 11 is 0. The third kappa shape index (κ3) is 1.70. The van der Waals surface area contributed by atoms with Crippen molar-refractivity contribution in [2.75, 3.05) is 6.54 Å². The molecule has 0 aromatic carbocycles. The van der Waals surface area contributed by atoms with Crippen LogP contribution in [0.4, 0.5) is 0 Å². The molecule has 50 valence electrons. The van der Waals surface area contributed by atoms with Gasteiger partial charge in [0, 0.05) is 6.04 Å². The van der Waals surface area contributed by atoms with E-state index in [9.17, 15) is 0 Å². The van der Waals surface area contributed by atoms with Crippen LogP contribution >= 0.6 is 0 Å². The van der Waals surface area contributed by atoms with E-state index < -0.39 is 0 Å². The molecule has 1 fully saturated rings. The van der Waals surface area contributed by atoms with Crippen molar-refractivity contribution in [3.8, 4) is 0 Å². The summed E-state index contributed by atoms with van der Waals surface area (Å²) in [4.78, 5) is 0. The van der Waals surface area contributed by atoms with Gasteiger partial charge in [-0.3, -0.25) is 0 Å². The van der Waals surface area contributed by atoms with Crippen LogP contribution in [0.5, 0.6) is 0 Å². The number of hydrogen-bond donors (Lipinski definition) is 1. The lowest BCUT2D eigenvalue weighted by atomic mass is 10.0. The molecule has 0 bridgehead atoms. The Morgan fingerprint density at radius 2 is 2.56 bits per heavy atom. The molecule has 1 aliphatic heterocycles. The first kappa shape index (κ1) is 6.60. The second-order valence-electron chi connectivity index (χ2n) is 2.59. The van der Waals surface area contributed by atoms with Crippen molar-refractivity contribution in [3.63, 3.8) is 0 Å². The first-order chi connectivity index (χ1) is 4.33. The van der Waals surface area contributed by atoms with Crippen LogP contribution in [-0.2, 0) is 0 Å². The van der Waals surface area contributed by atoms with E-state index in [1.807, 2.05) is 0 Å². The van der Waals surface area contributed by atoms with Gasteiger partial charge < -0.3 is 5.32 Å². The average Bonchev–Trinajstić information content (AvgIpc) is 1.88. The van der Waals surface area contributed by atoms with Crippen LogP contribution in [-0.4, -0.2) is 12.6 Å². The molecular formula is C8H13N. The van der Waals surface area contributed by atoms with Crippen molar-refractivity contribution in [2.45, 2.75) is 25.8 Å². The largest absolute Gasteiger partial charge is 0.314 e. The van der Waals surface area contributed by atoms with Crippen LogP contribution in [0.3, 0.4) is 0 Å². The summed E-state index contributed by atoms with van der Waals surface area (Å²) in [5.74, 6) is 0. The fraction of sp³-hybridized carbons (Fsp3) is 0.625. The number of rotatable bonds is 0. The van der Waals surface area contributed by atoms with E-state index in [4.69, 9.17) is 0 Å².